The molecule has 0 unspecified atom stereocenters. The fraction of sp³-hybridized carbons (Fsp3) is 0.259. The molecule has 0 heterocycles. The molecule has 0 bridgehead atoms. The van der Waals surface area contributed by atoms with Gasteiger partial charge in [0.2, 0.25) is 11.8 Å². The zero-order chi connectivity index (χ0) is 27.2. The van der Waals surface area contributed by atoms with Crippen LogP contribution in [0.1, 0.15) is 24.5 Å². The molecule has 0 aliphatic carbocycles. The normalized spacial score (nSPS) is 12.0. The third-order valence-corrected chi connectivity index (χ3v) is 8.47. The Labute approximate surface area is 231 Å². The first kappa shape index (κ1) is 28.7. The molecule has 0 saturated carbocycles. The van der Waals surface area contributed by atoms with Crippen molar-refractivity contribution in [3.8, 4) is 0 Å². The number of benzene rings is 3. The Morgan fingerprint density at radius 1 is 0.973 bits per heavy atom. The second-order valence-electron chi connectivity index (χ2n) is 8.49. The van der Waals surface area contributed by atoms with Crippen molar-refractivity contribution >= 4 is 55.1 Å². The highest BCUT2D eigenvalue weighted by molar-refractivity contribution is 9.10. The van der Waals surface area contributed by atoms with Crippen LogP contribution in [0.3, 0.4) is 0 Å². The topological polar surface area (TPSA) is 86.8 Å². The van der Waals surface area contributed by atoms with Gasteiger partial charge in [-0.2, -0.15) is 0 Å². The van der Waals surface area contributed by atoms with E-state index in [-0.39, 0.29) is 17.3 Å². The van der Waals surface area contributed by atoms with Gasteiger partial charge in [0, 0.05) is 23.1 Å². The van der Waals surface area contributed by atoms with Crippen LogP contribution in [0.5, 0.6) is 0 Å². The van der Waals surface area contributed by atoms with Gasteiger partial charge in [-0.15, -0.1) is 0 Å². The minimum absolute atomic E-state index is 0.0661. The smallest absolute Gasteiger partial charge is 0.264 e. The molecule has 7 nitrogen and oxygen atoms in total. The molecule has 0 aromatic heterocycles. The van der Waals surface area contributed by atoms with Gasteiger partial charge in [0.25, 0.3) is 10.0 Å². The van der Waals surface area contributed by atoms with Crippen LogP contribution in [0, 0.1) is 6.92 Å². The number of aryl methyl sites for hydroxylation is 1. The minimum atomic E-state index is -4.10. The van der Waals surface area contributed by atoms with Gasteiger partial charge in [-0.25, -0.2) is 8.42 Å². The maximum absolute atomic E-state index is 13.8. The quantitative estimate of drug-likeness (QED) is 0.346. The molecule has 0 saturated heterocycles. The van der Waals surface area contributed by atoms with Crippen molar-refractivity contribution in [2.75, 3.05) is 17.9 Å². The van der Waals surface area contributed by atoms with E-state index in [1.165, 1.54) is 24.1 Å². The lowest BCUT2D eigenvalue weighted by atomic mass is 10.1. The number of anilines is 1. The average Bonchev–Trinajstić information content (AvgIpc) is 2.88. The van der Waals surface area contributed by atoms with E-state index in [1.807, 2.05) is 6.92 Å². The summed E-state index contributed by atoms with van der Waals surface area (Å²) in [5.41, 5.74) is 2.00. The number of hydrogen-bond acceptors (Lipinski definition) is 4. The number of rotatable bonds is 10. The molecule has 196 valence electrons. The molecule has 0 fully saturated rings. The molecule has 37 heavy (non-hydrogen) atoms. The number of amides is 2. The number of halogens is 2. The fourth-order valence-electron chi connectivity index (χ4n) is 3.85. The summed E-state index contributed by atoms with van der Waals surface area (Å²) in [7, 11) is -2.59. The summed E-state index contributed by atoms with van der Waals surface area (Å²) in [4.78, 5) is 28.0. The van der Waals surface area contributed by atoms with Crippen LogP contribution >= 0.6 is 27.5 Å². The van der Waals surface area contributed by atoms with Gasteiger partial charge in [0.1, 0.15) is 12.6 Å². The Hall–Kier alpha value is -2.88. The molecule has 0 radical (unpaired) electrons. The Morgan fingerprint density at radius 3 is 2.11 bits per heavy atom. The lowest BCUT2D eigenvalue weighted by Gasteiger charge is -2.33. The summed E-state index contributed by atoms with van der Waals surface area (Å²) in [5, 5.41) is 3.15. The molecule has 1 atom stereocenters. The van der Waals surface area contributed by atoms with Crippen LogP contribution in [-0.4, -0.2) is 44.8 Å². The molecule has 3 aromatic rings. The van der Waals surface area contributed by atoms with Gasteiger partial charge in [-0.1, -0.05) is 64.3 Å². The molecular weight excluding hydrogens is 578 g/mol. The van der Waals surface area contributed by atoms with E-state index in [0.717, 1.165) is 19.9 Å². The van der Waals surface area contributed by atoms with E-state index >= 15 is 0 Å². The Bertz CT molecular complexity index is 1330. The Kier molecular flexibility index (Phi) is 9.75. The van der Waals surface area contributed by atoms with E-state index in [9.17, 15) is 18.0 Å². The highest BCUT2D eigenvalue weighted by Crippen LogP contribution is 2.26. The van der Waals surface area contributed by atoms with Crippen molar-refractivity contribution in [2.24, 2.45) is 0 Å². The third kappa shape index (κ3) is 7.12. The Balaban J connectivity index is 2.04. The van der Waals surface area contributed by atoms with Gasteiger partial charge < -0.3 is 10.2 Å². The number of nitrogens with one attached hydrogen (secondary N) is 1. The second kappa shape index (κ2) is 12.6. The van der Waals surface area contributed by atoms with Gasteiger partial charge in [-0.3, -0.25) is 13.9 Å². The van der Waals surface area contributed by atoms with Crippen LogP contribution in [0.25, 0.3) is 0 Å². The maximum Gasteiger partial charge on any atom is 0.264 e. The van der Waals surface area contributed by atoms with Crippen molar-refractivity contribution < 1.29 is 18.0 Å². The van der Waals surface area contributed by atoms with Crippen molar-refractivity contribution in [1.29, 1.82) is 0 Å². The van der Waals surface area contributed by atoms with Crippen LogP contribution in [-0.2, 0) is 26.2 Å². The van der Waals surface area contributed by atoms with E-state index in [4.69, 9.17) is 11.6 Å². The van der Waals surface area contributed by atoms with Gasteiger partial charge in [0.05, 0.1) is 10.6 Å². The van der Waals surface area contributed by atoms with Crippen molar-refractivity contribution in [3.63, 3.8) is 0 Å². The number of carbonyl (C=O) groups excluding carboxylic acids is 2. The summed E-state index contributed by atoms with van der Waals surface area (Å²) in [6, 6.07) is 19.3. The summed E-state index contributed by atoms with van der Waals surface area (Å²) in [5.74, 6) is -0.842. The molecule has 2 amide bonds. The highest BCUT2D eigenvalue weighted by atomic mass is 79.9. The van der Waals surface area contributed by atoms with Gasteiger partial charge >= 0.3 is 0 Å². The standard InChI is InChI=1S/C27H29BrClN3O4S/c1-4-25(27(34)30-3)31(17-20-7-11-22(29)12-8-20)26(33)18-32(23-13-9-21(28)10-14-23)37(35,36)24-15-5-19(2)6-16-24/h5-16,25H,4,17-18H2,1-3H3,(H,30,34)/t25-/m0/s1. The molecule has 1 N–H and O–H groups in total. The summed E-state index contributed by atoms with van der Waals surface area (Å²) in [6.07, 6.45) is 0.349. The number of sulfonamides is 1. The number of hydrogen-bond donors (Lipinski definition) is 1. The molecule has 0 spiro atoms. The Morgan fingerprint density at radius 2 is 1.57 bits per heavy atom. The predicted molar refractivity (Wildman–Crippen MR) is 150 cm³/mol. The number of carbonyl (C=O) groups is 2. The zero-order valence-corrected chi connectivity index (χ0v) is 24.0. The highest BCUT2D eigenvalue weighted by Gasteiger charge is 2.33. The first-order chi connectivity index (χ1) is 17.6. The fourth-order valence-corrected chi connectivity index (χ4v) is 5.65. The lowest BCUT2D eigenvalue weighted by molar-refractivity contribution is -0.140. The van der Waals surface area contributed by atoms with Crippen LogP contribution in [0.2, 0.25) is 5.02 Å². The molecule has 3 rings (SSSR count). The second-order valence-corrected chi connectivity index (χ2v) is 11.7. The van der Waals surface area contributed by atoms with E-state index in [0.29, 0.717) is 17.1 Å². The van der Waals surface area contributed by atoms with Crippen molar-refractivity contribution in [1.82, 2.24) is 10.2 Å². The van der Waals surface area contributed by atoms with Gasteiger partial charge in [-0.05, 0) is 67.4 Å². The summed E-state index contributed by atoms with van der Waals surface area (Å²) < 4.78 is 29.4. The van der Waals surface area contributed by atoms with Crippen LogP contribution < -0.4 is 9.62 Å². The van der Waals surface area contributed by atoms with Crippen LogP contribution in [0.15, 0.2) is 82.2 Å². The first-order valence-electron chi connectivity index (χ1n) is 11.7. The van der Waals surface area contributed by atoms with Gasteiger partial charge in [0.15, 0.2) is 0 Å². The first-order valence-corrected chi connectivity index (χ1v) is 14.3. The molecule has 3 aromatic carbocycles. The number of likely N-dealkylation sites (N-methyl/N-ethyl adjacent to an activating group) is 1. The minimum Gasteiger partial charge on any atom is -0.357 e. The van der Waals surface area contributed by atoms with E-state index in [2.05, 4.69) is 21.2 Å². The van der Waals surface area contributed by atoms with E-state index in [1.54, 1.807) is 67.6 Å². The molecule has 10 heteroatoms. The van der Waals surface area contributed by atoms with Crippen molar-refractivity contribution in [3.05, 3.63) is 93.4 Å². The predicted octanol–water partition coefficient (Wildman–Crippen LogP) is 5.16. The van der Waals surface area contributed by atoms with Crippen LogP contribution in [0.4, 0.5) is 5.69 Å². The summed E-state index contributed by atoms with van der Waals surface area (Å²) in [6.45, 7) is 3.29. The average molecular weight is 607 g/mol. The maximum atomic E-state index is 13.8. The SMILES string of the molecule is CC[C@@H](C(=O)NC)N(Cc1ccc(Cl)cc1)C(=O)CN(c1ccc(Br)cc1)S(=O)(=O)c1ccc(C)cc1. The summed E-state index contributed by atoms with van der Waals surface area (Å²) >= 11 is 9.39. The third-order valence-electron chi connectivity index (χ3n) is 5.90. The lowest BCUT2D eigenvalue weighted by Crippen LogP contribution is -2.51. The van der Waals surface area contributed by atoms with E-state index < -0.39 is 28.5 Å². The molecule has 0 aliphatic rings. The van der Waals surface area contributed by atoms with Crippen molar-refractivity contribution in [2.45, 2.75) is 37.8 Å². The number of nitrogens with zero attached hydrogens (tertiary/aromatic N) is 2. The molecule has 0 aliphatic heterocycles. The largest absolute Gasteiger partial charge is 0.357 e. The molecular formula is C27H29BrClN3O4S. The zero-order valence-electron chi connectivity index (χ0n) is 20.8. The monoisotopic (exact) mass is 605 g/mol.